The SMILES string of the molecule is FC(F)(F)Oc1ccc(CN=Nc2nc(Nc3ccc(Cl)nc3)nc(-c3c(Cl)cccc3Cl)n2)cc1. The molecule has 0 amide bonds. The Bertz CT molecular complexity index is 1370. The van der Waals surface area contributed by atoms with Gasteiger partial charge in [-0.05, 0) is 42.0 Å². The molecule has 0 aliphatic carbocycles. The molecule has 36 heavy (non-hydrogen) atoms. The van der Waals surface area contributed by atoms with Crippen LogP contribution in [-0.4, -0.2) is 26.3 Å². The lowest BCUT2D eigenvalue weighted by molar-refractivity contribution is -0.274. The highest BCUT2D eigenvalue weighted by atomic mass is 35.5. The van der Waals surface area contributed by atoms with Crippen molar-refractivity contribution in [1.82, 2.24) is 19.9 Å². The van der Waals surface area contributed by atoms with E-state index in [1.807, 2.05) is 0 Å². The summed E-state index contributed by atoms with van der Waals surface area (Å²) in [4.78, 5) is 16.9. The Kier molecular flexibility index (Phi) is 7.82. The van der Waals surface area contributed by atoms with Gasteiger partial charge in [0.05, 0.1) is 34.0 Å². The third-order valence-corrected chi connectivity index (χ3v) is 5.22. The predicted octanol–water partition coefficient (Wildman–Crippen LogP) is 7.82. The Hall–Kier alpha value is -3.54. The first-order chi connectivity index (χ1) is 17.2. The van der Waals surface area contributed by atoms with Gasteiger partial charge >= 0.3 is 6.36 Å². The maximum atomic E-state index is 12.3. The summed E-state index contributed by atoms with van der Waals surface area (Å²) in [6, 6.07) is 13.4. The summed E-state index contributed by atoms with van der Waals surface area (Å²) < 4.78 is 40.8. The molecule has 2 heterocycles. The highest BCUT2D eigenvalue weighted by Gasteiger charge is 2.30. The van der Waals surface area contributed by atoms with Gasteiger partial charge in [0.25, 0.3) is 5.95 Å². The summed E-state index contributed by atoms with van der Waals surface area (Å²) in [6.45, 7) is 0.0457. The monoisotopic (exact) mass is 553 g/mol. The first-order valence-corrected chi connectivity index (χ1v) is 11.1. The molecule has 0 saturated carbocycles. The maximum Gasteiger partial charge on any atom is 0.573 e. The molecule has 184 valence electrons. The molecule has 14 heteroatoms. The number of ether oxygens (including phenoxy) is 1. The van der Waals surface area contributed by atoms with E-state index in [-0.39, 0.29) is 30.0 Å². The van der Waals surface area contributed by atoms with Crippen LogP contribution < -0.4 is 10.1 Å². The molecule has 0 aliphatic heterocycles. The smallest absolute Gasteiger partial charge is 0.406 e. The number of alkyl halides is 3. The van der Waals surface area contributed by atoms with E-state index in [2.05, 4.69) is 40.2 Å². The number of azo groups is 1. The summed E-state index contributed by atoms with van der Waals surface area (Å²) in [5, 5.41) is 12.0. The lowest BCUT2D eigenvalue weighted by Crippen LogP contribution is -2.16. The van der Waals surface area contributed by atoms with Gasteiger partial charge in [0.2, 0.25) is 5.95 Å². The molecule has 2 aromatic carbocycles. The lowest BCUT2D eigenvalue weighted by atomic mass is 10.2. The predicted molar refractivity (Wildman–Crippen MR) is 129 cm³/mol. The van der Waals surface area contributed by atoms with E-state index in [1.54, 1.807) is 30.3 Å². The molecule has 0 unspecified atom stereocenters. The quantitative estimate of drug-likeness (QED) is 0.185. The molecule has 0 atom stereocenters. The third kappa shape index (κ3) is 7.00. The maximum absolute atomic E-state index is 12.3. The highest BCUT2D eigenvalue weighted by molar-refractivity contribution is 6.39. The second-order valence-electron chi connectivity index (χ2n) is 6.97. The van der Waals surface area contributed by atoms with Gasteiger partial charge in [0.1, 0.15) is 10.9 Å². The van der Waals surface area contributed by atoms with E-state index in [9.17, 15) is 13.2 Å². The molecule has 0 fully saturated rings. The van der Waals surface area contributed by atoms with Crippen molar-refractivity contribution in [1.29, 1.82) is 0 Å². The van der Waals surface area contributed by atoms with Gasteiger partial charge in [0, 0.05) is 0 Å². The van der Waals surface area contributed by atoms with Crippen LogP contribution in [-0.2, 0) is 6.54 Å². The van der Waals surface area contributed by atoms with Crippen LogP contribution in [0.5, 0.6) is 5.75 Å². The van der Waals surface area contributed by atoms with Gasteiger partial charge in [-0.25, -0.2) is 4.98 Å². The van der Waals surface area contributed by atoms with Crippen LogP contribution in [0.15, 0.2) is 71.0 Å². The van der Waals surface area contributed by atoms with Gasteiger partial charge in [-0.3, -0.25) is 0 Å². The molecular weight excluding hydrogens is 542 g/mol. The minimum Gasteiger partial charge on any atom is -0.406 e. The summed E-state index contributed by atoms with van der Waals surface area (Å²) in [5.41, 5.74) is 1.50. The minimum atomic E-state index is -4.77. The zero-order valence-electron chi connectivity index (χ0n) is 17.8. The lowest BCUT2D eigenvalue weighted by Gasteiger charge is -2.09. The van der Waals surface area contributed by atoms with Crippen LogP contribution in [0.4, 0.5) is 30.8 Å². The second kappa shape index (κ2) is 11.0. The molecule has 0 spiro atoms. The van der Waals surface area contributed by atoms with Crippen molar-refractivity contribution in [3.05, 3.63) is 81.6 Å². The third-order valence-electron chi connectivity index (χ3n) is 4.36. The van der Waals surface area contributed by atoms with Crippen LogP contribution in [0.3, 0.4) is 0 Å². The first kappa shape index (κ1) is 25.5. The average molecular weight is 555 g/mol. The molecule has 0 bridgehead atoms. The molecule has 0 saturated heterocycles. The summed E-state index contributed by atoms with van der Waals surface area (Å²) in [7, 11) is 0. The number of halogens is 6. The number of hydrogen-bond acceptors (Lipinski definition) is 8. The highest BCUT2D eigenvalue weighted by Crippen LogP contribution is 2.34. The van der Waals surface area contributed by atoms with Gasteiger partial charge in [-0.15, -0.1) is 18.3 Å². The van der Waals surface area contributed by atoms with Crippen molar-refractivity contribution in [2.45, 2.75) is 12.9 Å². The Morgan fingerprint density at radius 1 is 0.889 bits per heavy atom. The standard InChI is InChI=1S/C22H13Cl3F3N7O/c23-15-2-1-3-16(24)18(15)19-32-20(31-13-6-9-17(25)29-11-13)34-21(33-19)35-30-10-12-4-7-14(8-5-12)36-22(26,27)28/h1-9,11H,10H2,(H,31,32,33,34). The zero-order chi connectivity index (χ0) is 25.7. The number of rotatable bonds is 7. The van der Waals surface area contributed by atoms with E-state index in [1.165, 1.54) is 30.5 Å². The van der Waals surface area contributed by atoms with Crippen molar-refractivity contribution in [3.63, 3.8) is 0 Å². The fourth-order valence-corrected chi connectivity index (χ4v) is 3.52. The molecule has 8 nitrogen and oxygen atoms in total. The van der Waals surface area contributed by atoms with Crippen LogP contribution in [0, 0.1) is 0 Å². The summed E-state index contributed by atoms with van der Waals surface area (Å²) >= 11 is 18.5. The molecule has 1 N–H and O–H groups in total. The van der Waals surface area contributed by atoms with Gasteiger partial charge in [0.15, 0.2) is 5.82 Å². The van der Waals surface area contributed by atoms with Crippen molar-refractivity contribution in [2.24, 2.45) is 10.2 Å². The second-order valence-corrected chi connectivity index (χ2v) is 8.17. The van der Waals surface area contributed by atoms with Gasteiger partial charge < -0.3 is 10.1 Å². The zero-order valence-corrected chi connectivity index (χ0v) is 20.1. The van der Waals surface area contributed by atoms with E-state index < -0.39 is 6.36 Å². The molecule has 4 rings (SSSR count). The largest absolute Gasteiger partial charge is 0.573 e. The fourth-order valence-electron chi connectivity index (χ4n) is 2.84. The minimum absolute atomic E-state index is 0.0457. The number of aromatic nitrogens is 4. The van der Waals surface area contributed by atoms with Crippen molar-refractivity contribution in [3.8, 4) is 17.1 Å². The topological polar surface area (TPSA) is 97.5 Å². The summed E-state index contributed by atoms with van der Waals surface area (Å²) in [6.07, 6.45) is -3.28. The Balaban J connectivity index is 1.60. The van der Waals surface area contributed by atoms with E-state index in [0.29, 0.717) is 32.0 Å². The molecule has 0 radical (unpaired) electrons. The fraction of sp³-hybridized carbons (Fsp3) is 0.0909. The average Bonchev–Trinajstić information content (AvgIpc) is 2.81. The van der Waals surface area contributed by atoms with Crippen molar-refractivity contribution < 1.29 is 17.9 Å². The molecular formula is C22H13Cl3F3N7O. The Morgan fingerprint density at radius 3 is 2.25 bits per heavy atom. The molecule has 0 aliphatic rings. The van der Waals surface area contributed by atoms with Gasteiger partial charge in [-0.2, -0.15) is 20.1 Å². The summed E-state index contributed by atoms with van der Waals surface area (Å²) in [5.74, 6) is -0.137. The first-order valence-electron chi connectivity index (χ1n) is 9.97. The van der Waals surface area contributed by atoms with Crippen LogP contribution >= 0.6 is 34.8 Å². The Morgan fingerprint density at radius 2 is 1.61 bits per heavy atom. The molecule has 4 aromatic rings. The van der Waals surface area contributed by atoms with Crippen LogP contribution in [0.25, 0.3) is 11.4 Å². The normalized spacial score (nSPS) is 11.6. The van der Waals surface area contributed by atoms with Crippen LogP contribution in [0.2, 0.25) is 15.2 Å². The van der Waals surface area contributed by atoms with Crippen molar-refractivity contribution in [2.75, 3.05) is 5.32 Å². The number of benzene rings is 2. The van der Waals surface area contributed by atoms with Gasteiger partial charge in [-0.1, -0.05) is 53.0 Å². The number of anilines is 2. The van der Waals surface area contributed by atoms with Crippen LogP contribution in [0.1, 0.15) is 5.56 Å². The number of hydrogen-bond donors (Lipinski definition) is 1. The van der Waals surface area contributed by atoms with E-state index in [4.69, 9.17) is 34.8 Å². The Labute approximate surface area is 217 Å². The number of nitrogens with one attached hydrogen (secondary N) is 1. The van der Waals surface area contributed by atoms with E-state index in [0.717, 1.165) is 0 Å². The molecule has 2 aromatic heterocycles. The van der Waals surface area contributed by atoms with Crippen molar-refractivity contribution >= 4 is 52.4 Å². The number of nitrogens with zero attached hydrogens (tertiary/aromatic N) is 6. The van der Waals surface area contributed by atoms with E-state index >= 15 is 0 Å². The number of pyridine rings is 1.